The van der Waals surface area contributed by atoms with Gasteiger partial charge in [0, 0.05) is 22.2 Å². The summed E-state index contributed by atoms with van der Waals surface area (Å²) in [5.41, 5.74) is -0.793. The fraction of sp³-hybridized carbons (Fsp3) is 0.364. The van der Waals surface area contributed by atoms with Crippen molar-refractivity contribution < 1.29 is 18.0 Å². The van der Waals surface area contributed by atoms with Crippen molar-refractivity contribution in [3.63, 3.8) is 0 Å². The van der Waals surface area contributed by atoms with Gasteiger partial charge in [0.15, 0.2) is 0 Å². The van der Waals surface area contributed by atoms with E-state index in [1.54, 1.807) is 29.6 Å². The van der Waals surface area contributed by atoms with Gasteiger partial charge in [0.2, 0.25) is 0 Å². The second-order valence-corrected chi connectivity index (χ2v) is 4.83. The van der Waals surface area contributed by atoms with Crippen LogP contribution in [-0.4, -0.2) is 26.0 Å². The SMILES string of the molecule is CNCCNC(=O)c1cc(I)cc(C(F)(F)F)c1.Cl. The van der Waals surface area contributed by atoms with Gasteiger partial charge < -0.3 is 10.6 Å². The van der Waals surface area contributed by atoms with E-state index in [1.165, 1.54) is 6.07 Å². The Balaban J connectivity index is 0.00000324. The number of alkyl halides is 3. The molecule has 0 heterocycles. The Kier molecular flexibility index (Phi) is 7.68. The molecule has 0 aliphatic heterocycles. The first-order valence-electron chi connectivity index (χ1n) is 5.15. The van der Waals surface area contributed by atoms with Crippen LogP contribution in [0.5, 0.6) is 0 Å². The van der Waals surface area contributed by atoms with Crippen molar-refractivity contribution in [2.75, 3.05) is 20.1 Å². The summed E-state index contributed by atoms with van der Waals surface area (Å²) in [7, 11) is 1.72. The Labute approximate surface area is 128 Å². The molecule has 108 valence electrons. The largest absolute Gasteiger partial charge is 0.416 e. The van der Waals surface area contributed by atoms with Crippen molar-refractivity contribution in [2.45, 2.75) is 6.18 Å². The molecule has 19 heavy (non-hydrogen) atoms. The van der Waals surface area contributed by atoms with Gasteiger partial charge in [-0.15, -0.1) is 12.4 Å². The summed E-state index contributed by atoms with van der Waals surface area (Å²) in [6.45, 7) is 0.921. The highest BCUT2D eigenvalue weighted by molar-refractivity contribution is 14.1. The number of carbonyl (C=O) groups is 1. The van der Waals surface area contributed by atoms with Gasteiger partial charge in [-0.1, -0.05) is 0 Å². The lowest BCUT2D eigenvalue weighted by Crippen LogP contribution is -2.30. The Morgan fingerprint density at radius 1 is 1.26 bits per heavy atom. The molecule has 0 radical (unpaired) electrons. The van der Waals surface area contributed by atoms with Crippen molar-refractivity contribution in [1.82, 2.24) is 10.6 Å². The van der Waals surface area contributed by atoms with Crippen LogP contribution in [0.3, 0.4) is 0 Å². The number of halogens is 5. The molecular formula is C11H13ClF3IN2O. The fourth-order valence-electron chi connectivity index (χ4n) is 1.29. The maximum absolute atomic E-state index is 12.6. The minimum atomic E-state index is -4.44. The zero-order valence-electron chi connectivity index (χ0n) is 9.97. The molecule has 0 saturated heterocycles. The molecular weight excluding hydrogens is 395 g/mol. The molecule has 1 rings (SSSR count). The maximum atomic E-state index is 12.6. The van der Waals surface area contributed by atoms with E-state index in [1.807, 2.05) is 0 Å². The summed E-state index contributed by atoms with van der Waals surface area (Å²) in [5.74, 6) is -0.505. The van der Waals surface area contributed by atoms with Crippen molar-refractivity contribution in [3.05, 3.63) is 32.9 Å². The van der Waals surface area contributed by atoms with Gasteiger partial charge in [0.1, 0.15) is 0 Å². The normalized spacial score (nSPS) is 10.8. The Morgan fingerprint density at radius 2 is 1.89 bits per heavy atom. The van der Waals surface area contributed by atoms with Crippen LogP contribution in [0, 0.1) is 3.57 Å². The first-order chi connectivity index (χ1) is 8.34. The third kappa shape index (κ3) is 5.96. The molecule has 0 unspecified atom stereocenters. The van der Waals surface area contributed by atoms with Crippen LogP contribution < -0.4 is 10.6 Å². The summed E-state index contributed by atoms with van der Waals surface area (Å²) in [5, 5.41) is 5.36. The van der Waals surface area contributed by atoms with Gasteiger partial charge in [-0.2, -0.15) is 13.2 Å². The standard InChI is InChI=1S/C11H12F3IN2O.ClH/c1-16-2-3-17-10(18)7-4-8(11(12,13)14)6-9(15)5-7;/h4-6,16H,2-3H2,1H3,(H,17,18);1H. The molecule has 2 N–H and O–H groups in total. The molecule has 8 heteroatoms. The molecule has 0 aromatic heterocycles. The van der Waals surface area contributed by atoms with E-state index >= 15 is 0 Å². The highest BCUT2D eigenvalue weighted by atomic mass is 127. The average molecular weight is 409 g/mol. The van der Waals surface area contributed by atoms with E-state index in [0.717, 1.165) is 12.1 Å². The number of nitrogens with one attached hydrogen (secondary N) is 2. The summed E-state index contributed by atoms with van der Waals surface area (Å²) in [6.07, 6.45) is -4.44. The van der Waals surface area contributed by atoms with Gasteiger partial charge in [-0.3, -0.25) is 4.79 Å². The van der Waals surface area contributed by atoms with Gasteiger partial charge in [0.05, 0.1) is 5.56 Å². The molecule has 1 aromatic rings. The molecule has 1 amide bonds. The van der Waals surface area contributed by atoms with Crippen LogP contribution >= 0.6 is 35.0 Å². The summed E-state index contributed by atoms with van der Waals surface area (Å²) < 4.78 is 38.1. The number of amides is 1. The van der Waals surface area contributed by atoms with Crippen molar-refractivity contribution >= 4 is 40.9 Å². The smallest absolute Gasteiger partial charge is 0.351 e. The third-order valence-electron chi connectivity index (χ3n) is 2.15. The Morgan fingerprint density at radius 3 is 2.42 bits per heavy atom. The number of carbonyl (C=O) groups excluding carboxylic acids is 1. The molecule has 0 aliphatic rings. The Bertz CT molecular complexity index is 440. The molecule has 0 saturated carbocycles. The molecule has 0 bridgehead atoms. The number of benzene rings is 1. The van der Waals surface area contributed by atoms with Gasteiger partial charge in [-0.25, -0.2) is 0 Å². The van der Waals surface area contributed by atoms with Crippen LogP contribution in [0.1, 0.15) is 15.9 Å². The van der Waals surface area contributed by atoms with Crippen LogP contribution in [0.25, 0.3) is 0 Å². The summed E-state index contributed by atoms with van der Waals surface area (Å²) >= 11 is 1.76. The fourth-order valence-corrected chi connectivity index (χ4v) is 1.96. The van der Waals surface area contributed by atoms with E-state index in [0.29, 0.717) is 16.7 Å². The van der Waals surface area contributed by atoms with E-state index in [-0.39, 0.29) is 18.0 Å². The van der Waals surface area contributed by atoms with Crippen LogP contribution in [0.15, 0.2) is 18.2 Å². The lowest BCUT2D eigenvalue weighted by Gasteiger charge is -2.10. The van der Waals surface area contributed by atoms with E-state index in [2.05, 4.69) is 10.6 Å². The zero-order valence-corrected chi connectivity index (χ0v) is 12.9. The number of hydrogen-bond acceptors (Lipinski definition) is 2. The third-order valence-corrected chi connectivity index (χ3v) is 2.77. The van der Waals surface area contributed by atoms with Crippen molar-refractivity contribution in [3.8, 4) is 0 Å². The minimum absolute atomic E-state index is 0. The summed E-state index contributed by atoms with van der Waals surface area (Å²) in [6, 6.07) is 3.28. The topological polar surface area (TPSA) is 41.1 Å². The molecule has 0 aliphatic carbocycles. The van der Waals surface area contributed by atoms with Crippen molar-refractivity contribution in [1.29, 1.82) is 0 Å². The number of rotatable bonds is 4. The number of likely N-dealkylation sites (N-methyl/N-ethyl adjacent to an activating group) is 1. The molecule has 0 spiro atoms. The highest BCUT2D eigenvalue weighted by Gasteiger charge is 2.31. The van der Waals surface area contributed by atoms with E-state index in [9.17, 15) is 18.0 Å². The average Bonchev–Trinajstić information content (AvgIpc) is 2.27. The van der Waals surface area contributed by atoms with Gasteiger partial charge in [0.25, 0.3) is 5.91 Å². The quantitative estimate of drug-likeness (QED) is 0.594. The van der Waals surface area contributed by atoms with Gasteiger partial charge in [-0.05, 0) is 47.8 Å². The predicted octanol–water partition coefficient (Wildman–Crippen LogP) is 2.68. The molecule has 1 aromatic carbocycles. The highest BCUT2D eigenvalue weighted by Crippen LogP contribution is 2.31. The lowest BCUT2D eigenvalue weighted by molar-refractivity contribution is -0.137. The summed E-state index contributed by atoms with van der Waals surface area (Å²) in [4.78, 5) is 11.6. The minimum Gasteiger partial charge on any atom is -0.351 e. The van der Waals surface area contributed by atoms with Gasteiger partial charge >= 0.3 is 6.18 Å². The first kappa shape index (κ1) is 18.5. The number of hydrogen-bond donors (Lipinski definition) is 2. The monoisotopic (exact) mass is 408 g/mol. The predicted molar refractivity (Wildman–Crippen MR) is 77.7 cm³/mol. The maximum Gasteiger partial charge on any atom is 0.416 e. The Hall–Kier alpha value is -0.540. The second-order valence-electron chi connectivity index (χ2n) is 3.59. The molecule has 3 nitrogen and oxygen atoms in total. The van der Waals surface area contributed by atoms with E-state index < -0.39 is 17.6 Å². The van der Waals surface area contributed by atoms with Crippen LogP contribution in [0.4, 0.5) is 13.2 Å². The van der Waals surface area contributed by atoms with Crippen molar-refractivity contribution in [2.24, 2.45) is 0 Å². The van der Waals surface area contributed by atoms with Crippen LogP contribution in [-0.2, 0) is 6.18 Å². The zero-order chi connectivity index (χ0) is 13.8. The molecule has 0 fully saturated rings. The van der Waals surface area contributed by atoms with Crippen LogP contribution in [0.2, 0.25) is 0 Å². The van der Waals surface area contributed by atoms with E-state index in [4.69, 9.17) is 0 Å². The lowest BCUT2D eigenvalue weighted by atomic mass is 10.1. The first-order valence-corrected chi connectivity index (χ1v) is 6.23. The second kappa shape index (κ2) is 7.91. The molecule has 0 atom stereocenters.